The van der Waals surface area contributed by atoms with Crippen LogP contribution in [0.1, 0.15) is 13.8 Å². The van der Waals surface area contributed by atoms with Crippen molar-refractivity contribution in [3.63, 3.8) is 0 Å². The van der Waals surface area contributed by atoms with Gasteiger partial charge in [0.05, 0.1) is 0 Å². The Hall–Kier alpha value is -0.736. The van der Waals surface area contributed by atoms with E-state index in [2.05, 4.69) is 23.3 Å². The fraction of sp³-hybridized carbons (Fsp3) is 0.333. The van der Waals surface area contributed by atoms with E-state index in [9.17, 15) is 9.59 Å². The molecule has 0 unspecified atom stereocenters. The van der Waals surface area contributed by atoms with Crippen molar-refractivity contribution in [1.82, 2.24) is 0 Å². The first-order valence-corrected chi connectivity index (χ1v) is 4.69. The van der Waals surface area contributed by atoms with Crippen LogP contribution >= 0.6 is 0 Å². The Balaban J connectivity index is -0.000000218. The molecule has 0 aliphatic heterocycles. The van der Waals surface area contributed by atoms with Crippen LogP contribution in [0.5, 0.6) is 0 Å². The van der Waals surface area contributed by atoms with Gasteiger partial charge in [-0.15, -0.1) is 0 Å². The van der Waals surface area contributed by atoms with E-state index in [-0.39, 0.29) is 44.6 Å². The van der Waals surface area contributed by atoms with Gasteiger partial charge in [-0.25, -0.2) is 26.0 Å². The number of esters is 2. The van der Waals surface area contributed by atoms with E-state index >= 15 is 0 Å². The number of rotatable bonds is 4. The molecule has 0 rings (SSSR count). The molecule has 95 valence electrons. The SMILES string of the molecule is [CH2-]/C=C\COC(C)=O.[CH2-]/C=C\COC(C)=O.[Y]. The number of allylic oxidation sites excluding steroid dienone is 2. The molecule has 0 aliphatic rings. The van der Waals surface area contributed by atoms with E-state index in [0.29, 0.717) is 13.2 Å². The van der Waals surface area contributed by atoms with Gasteiger partial charge in [0.25, 0.3) is 0 Å². The predicted molar refractivity (Wildman–Crippen MR) is 62.3 cm³/mol. The molecule has 4 nitrogen and oxygen atoms in total. The van der Waals surface area contributed by atoms with E-state index in [0.717, 1.165) is 0 Å². The molecule has 0 heterocycles. The number of ether oxygens (including phenoxy) is 2. The summed E-state index contributed by atoms with van der Waals surface area (Å²) in [4.78, 5) is 20.1. The van der Waals surface area contributed by atoms with Crippen LogP contribution in [0.4, 0.5) is 0 Å². The maximum atomic E-state index is 10.0. The molecule has 0 saturated heterocycles. The van der Waals surface area contributed by atoms with Gasteiger partial charge in [-0.05, 0) is 0 Å². The second kappa shape index (κ2) is 17.7. The molecule has 17 heavy (non-hydrogen) atoms. The Bertz CT molecular complexity index is 221. The van der Waals surface area contributed by atoms with E-state index < -0.39 is 0 Å². The summed E-state index contributed by atoms with van der Waals surface area (Å²) < 4.78 is 9.03. The fourth-order valence-corrected chi connectivity index (χ4v) is 0.467. The molecular formula is C12H18O4Y-2. The minimum Gasteiger partial charge on any atom is -0.480 e. The van der Waals surface area contributed by atoms with Gasteiger partial charge in [-0.2, -0.15) is 12.2 Å². The minimum atomic E-state index is -0.261. The Morgan fingerprint density at radius 2 is 1.24 bits per heavy atom. The summed E-state index contributed by atoms with van der Waals surface area (Å²) in [6.45, 7) is 10.2. The quantitative estimate of drug-likeness (QED) is 0.587. The second-order valence-electron chi connectivity index (χ2n) is 2.55. The summed E-state index contributed by atoms with van der Waals surface area (Å²) in [6.07, 6.45) is 6.51. The molecule has 0 aromatic rings. The predicted octanol–water partition coefficient (Wildman–Crippen LogP) is 1.88. The first-order chi connectivity index (χ1) is 7.54. The van der Waals surface area contributed by atoms with Crippen molar-refractivity contribution in [1.29, 1.82) is 0 Å². The van der Waals surface area contributed by atoms with E-state index in [1.54, 1.807) is 24.3 Å². The zero-order chi connectivity index (χ0) is 12.8. The summed E-state index contributed by atoms with van der Waals surface area (Å²) in [7, 11) is 0. The first kappa shape index (κ1) is 21.5. The first-order valence-electron chi connectivity index (χ1n) is 4.69. The summed E-state index contributed by atoms with van der Waals surface area (Å²) in [5.74, 6) is -0.522. The van der Waals surface area contributed by atoms with Crippen LogP contribution in [0.15, 0.2) is 24.3 Å². The number of carbonyl (C=O) groups excluding carboxylic acids is 2. The zero-order valence-corrected chi connectivity index (χ0v) is 13.2. The molecule has 0 atom stereocenters. The Morgan fingerprint density at radius 3 is 1.41 bits per heavy atom. The Morgan fingerprint density at radius 1 is 0.941 bits per heavy atom. The Labute approximate surface area is 128 Å². The summed E-state index contributed by atoms with van der Waals surface area (Å²) in [5, 5.41) is 0. The van der Waals surface area contributed by atoms with Crippen molar-refractivity contribution >= 4 is 11.9 Å². The third kappa shape index (κ3) is 31.3. The largest absolute Gasteiger partial charge is 0.480 e. The topological polar surface area (TPSA) is 52.6 Å². The van der Waals surface area contributed by atoms with Gasteiger partial charge >= 0.3 is 11.9 Å². The fourth-order valence-electron chi connectivity index (χ4n) is 0.467. The van der Waals surface area contributed by atoms with Gasteiger partial charge in [-0.3, -0.25) is 9.59 Å². The van der Waals surface area contributed by atoms with Gasteiger partial charge < -0.3 is 9.47 Å². The van der Waals surface area contributed by atoms with Gasteiger partial charge in [-0.1, -0.05) is 0 Å². The molecule has 0 amide bonds. The third-order valence-corrected chi connectivity index (χ3v) is 1.10. The molecule has 5 heteroatoms. The number of hydrogen-bond donors (Lipinski definition) is 0. The van der Waals surface area contributed by atoms with Gasteiger partial charge in [0.2, 0.25) is 0 Å². The molecule has 0 aromatic heterocycles. The summed E-state index contributed by atoms with van der Waals surface area (Å²) in [5.41, 5.74) is 0. The zero-order valence-electron chi connectivity index (χ0n) is 10.3. The molecule has 1 radical (unpaired) electrons. The number of hydrogen-bond acceptors (Lipinski definition) is 4. The average Bonchev–Trinajstić information content (AvgIpc) is 2.18. The summed E-state index contributed by atoms with van der Waals surface area (Å²) in [6, 6.07) is 0. The second-order valence-corrected chi connectivity index (χ2v) is 2.55. The van der Waals surface area contributed by atoms with E-state index in [1.807, 2.05) is 0 Å². The third-order valence-electron chi connectivity index (χ3n) is 1.10. The number of carbonyl (C=O) groups is 2. The van der Waals surface area contributed by atoms with Gasteiger partial charge in [0, 0.05) is 59.8 Å². The molecular weight excluding hydrogens is 297 g/mol. The van der Waals surface area contributed by atoms with E-state index in [4.69, 9.17) is 0 Å². The van der Waals surface area contributed by atoms with Crippen molar-refractivity contribution in [2.24, 2.45) is 0 Å². The maximum absolute atomic E-state index is 10.0. The molecule has 0 fully saturated rings. The van der Waals surface area contributed by atoms with Crippen LogP contribution < -0.4 is 0 Å². The van der Waals surface area contributed by atoms with Crippen LogP contribution in [-0.4, -0.2) is 25.2 Å². The van der Waals surface area contributed by atoms with Crippen LogP contribution in [0.2, 0.25) is 0 Å². The monoisotopic (exact) mass is 315 g/mol. The smallest absolute Gasteiger partial charge is 0.301 e. The van der Waals surface area contributed by atoms with Gasteiger partial charge in [0.15, 0.2) is 0 Å². The summed E-state index contributed by atoms with van der Waals surface area (Å²) >= 11 is 0. The van der Waals surface area contributed by atoms with Crippen LogP contribution in [0.25, 0.3) is 0 Å². The van der Waals surface area contributed by atoms with Crippen LogP contribution in [-0.2, 0) is 51.8 Å². The van der Waals surface area contributed by atoms with Crippen molar-refractivity contribution in [3.8, 4) is 0 Å². The van der Waals surface area contributed by atoms with Crippen molar-refractivity contribution in [3.05, 3.63) is 38.2 Å². The van der Waals surface area contributed by atoms with Crippen molar-refractivity contribution in [2.75, 3.05) is 13.2 Å². The maximum Gasteiger partial charge on any atom is 0.301 e. The normalized spacial score (nSPS) is 9.06. The molecule has 0 bridgehead atoms. The van der Waals surface area contributed by atoms with Crippen LogP contribution in [0.3, 0.4) is 0 Å². The van der Waals surface area contributed by atoms with E-state index in [1.165, 1.54) is 13.8 Å². The molecule has 0 aliphatic carbocycles. The van der Waals surface area contributed by atoms with Gasteiger partial charge in [0.1, 0.15) is 0 Å². The standard InChI is InChI=1S/2C6H9O2.Y/c2*1-3-4-5-8-6(2)7;/h2*3-4H,1,5H2,2H3;/q2*-1;/b2*4-3-;. The van der Waals surface area contributed by atoms with Crippen molar-refractivity contribution in [2.45, 2.75) is 13.8 Å². The van der Waals surface area contributed by atoms with Crippen molar-refractivity contribution < 1.29 is 51.8 Å². The molecule has 0 N–H and O–H groups in total. The molecule has 0 saturated carbocycles. The minimum absolute atomic E-state index is 0. The average molecular weight is 315 g/mol. The van der Waals surface area contributed by atoms with Crippen LogP contribution in [0, 0.1) is 13.8 Å². The Kier molecular flexibility index (Phi) is 22.4. The molecule has 0 aromatic carbocycles. The molecule has 0 spiro atoms.